The summed E-state index contributed by atoms with van der Waals surface area (Å²) in [6, 6.07) is 8.62. The van der Waals surface area contributed by atoms with E-state index in [0.717, 1.165) is 24.2 Å². The highest BCUT2D eigenvalue weighted by molar-refractivity contribution is 7.89. The summed E-state index contributed by atoms with van der Waals surface area (Å²) in [6.45, 7) is 2.97. The lowest BCUT2D eigenvalue weighted by atomic mass is 9.95. The number of piperidine rings is 1. The van der Waals surface area contributed by atoms with Crippen LogP contribution in [0.3, 0.4) is 0 Å². The molecule has 0 atom stereocenters. The zero-order valence-electron chi connectivity index (χ0n) is 12.5. The zero-order chi connectivity index (χ0) is 15.6. The molecule has 2 aromatic rings. The third kappa shape index (κ3) is 3.03. The van der Waals surface area contributed by atoms with Gasteiger partial charge in [-0.2, -0.15) is 4.31 Å². The van der Waals surface area contributed by atoms with Crippen LogP contribution < -0.4 is 0 Å². The smallest absolute Gasteiger partial charge is 0.243 e. The predicted octanol–water partition coefficient (Wildman–Crippen LogP) is 2.35. The minimum Gasteiger partial charge on any atom is -0.261 e. The van der Waals surface area contributed by atoms with Crippen molar-refractivity contribution in [2.24, 2.45) is 0 Å². The highest BCUT2D eigenvalue weighted by atomic mass is 32.2. The van der Waals surface area contributed by atoms with Gasteiger partial charge < -0.3 is 0 Å². The van der Waals surface area contributed by atoms with Gasteiger partial charge in [-0.05, 0) is 31.9 Å². The van der Waals surface area contributed by atoms with Crippen molar-refractivity contribution in [3.63, 3.8) is 0 Å². The molecule has 1 saturated heterocycles. The van der Waals surface area contributed by atoms with E-state index in [9.17, 15) is 8.42 Å². The Kier molecular flexibility index (Phi) is 4.22. The Morgan fingerprint density at radius 3 is 2.41 bits per heavy atom. The number of aromatic nitrogens is 2. The number of hydrogen-bond acceptors (Lipinski definition) is 4. The van der Waals surface area contributed by atoms with Crippen LogP contribution in [0.25, 0.3) is 0 Å². The SMILES string of the molecule is Cc1cncc(C2CCN(S(=O)(=O)c3ccccc3)CC2)n1. The second kappa shape index (κ2) is 6.14. The van der Waals surface area contributed by atoms with Crippen LogP contribution in [0.2, 0.25) is 0 Å². The fourth-order valence-electron chi connectivity index (χ4n) is 2.81. The van der Waals surface area contributed by atoms with Crippen molar-refractivity contribution in [2.45, 2.75) is 30.6 Å². The van der Waals surface area contributed by atoms with Crippen LogP contribution in [0.15, 0.2) is 47.6 Å². The average Bonchev–Trinajstić information content (AvgIpc) is 2.56. The number of sulfonamides is 1. The van der Waals surface area contributed by atoms with E-state index in [-0.39, 0.29) is 5.92 Å². The molecule has 1 aliphatic rings. The first-order valence-electron chi connectivity index (χ1n) is 7.41. The third-order valence-corrected chi connectivity index (χ3v) is 5.94. The van der Waals surface area contributed by atoms with Gasteiger partial charge in [-0.1, -0.05) is 18.2 Å². The molecule has 0 N–H and O–H groups in total. The van der Waals surface area contributed by atoms with Gasteiger partial charge >= 0.3 is 0 Å². The molecule has 0 unspecified atom stereocenters. The van der Waals surface area contributed by atoms with E-state index in [1.807, 2.05) is 13.0 Å². The first kappa shape index (κ1) is 15.1. The molecule has 116 valence electrons. The minimum absolute atomic E-state index is 0.287. The summed E-state index contributed by atoms with van der Waals surface area (Å²) in [4.78, 5) is 9.06. The van der Waals surface area contributed by atoms with Crippen molar-refractivity contribution in [1.82, 2.24) is 14.3 Å². The maximum Gasteiger partial charge on any atom is 0.243 e. The van der Waals surface area contributed by atoms with Gasteiger partial charge in [-0.25, -0.2) is 8.42 Å². The van der Waals surface area contributed by atoms with E-state index in [1.165, 1.54) is 0 Å². The number of aryl methyl sites for hydroxylation is 1. The van der Waals surface area contributed by atoms with E-state index in [2.05, 4.69) is 9.97 Å². The normalized spacial score (nSPS) is 17.5. The van der Waals surface area contributed by atoms with Gasteiger partial charge in [0.1, 0.15) is 0 Å². The monoisotopic (exact) mass is 317 g/mol. The van der Waals surface area contributed by atoms with Crippen LogP contribution in [0.1, 0.15) is 30.1 Å². The van der Waals surface area contributed by atoms with E-state index in [4.69, 9.17) is 0 Å². The van der Waals surface area contributed by atoms with Crippen LogP contribution in [0, 0.1) is 6.92 Å². The van der Waals surface area contributed by atoms with Crippen molar-refractivity contribution in [3.05, 3.63) is 54.1 Å². The molecule has 1 fully saturated rings. The molecule has 1 aliphatic heterocycles. The summed E-state index contributed by atoms with van der Waals surface area (Å²) in [6.07, 6.45) is 5.09. The molecule has 0 bridgehead atoms. The van der Waals surface area contributed by atoms with Crippen LogP contribution >= 0.6 is 0 Å². The summed E-state index contributed by atoms with van der Waals surface area (Å²) < 4.78 is 26.7. The fraction of sp³-hybridized carbons (Fsp3) is 0.375. The van der Waals surface area contributed by atoms with Gasteiger partial charge in [0.15, 0.2) is 0 Å². The molecule has 0 amide bonds. The van der Waals surface area contributed by atoms with Gasteiger partial charge in [0.2, 0.25) is 10.0 Å². The van der Waals surface area contributed by atoms with Crippen molar-refractivity contribution >= 4 is 10.0 Å². The maximum atomic E-state index is 12.6. The second-order valence-corrected chi connectivity index (χ2v) is 7.51. The Bertz CT molecular complexity index is 739. The number of hydrogen-bond donors (Lipinski definition) is 0. The van der Waals surface area contributed by atoms with Crippen molar-refractivity contribution < 1.29 is 8.42 Å². The average molecular weight is 317 g/mol. The largest absolute Gasteiger partial charge is 0.261 e. The summed E-state index contributed by atoms with van der Waals surface area (Å²) in [5.74, 6) is 0.287. The molecule has 0 aliphatic carbocycles. The van der Waals surface area contributed by atoms with Crippen LogP contribution in [0.4, 0.5) is 0 Å². The van der Waals surface area contributed by atoms with Gasteiger partial charge in [-0.3, -0.25) is 9.97 Å². The Hall–Kier alpha value is -1.79. The quantitative estimate of drug-likeness (QED) is 0.872. The highest BCUT2D eigenvalue weighted by Gasteiger charge is 2.30. The Morgan fingerprint density at radius 2 is 1.77 bits per heavy atom. The molecule has 0 spiro atoms. The molecule has 2 heterocycles. The van der Waals surface area contributed by atoms with E-state index in [0.29, 0.717) is 18.0 Å². The summed E-state index contributed by atoms with van der Waals surface area (Å²) in [7, 11) is -3.38. The predicted molar refractivity (Wildman–Crippen MR) is 83.9 cm³/mol. The molecule has 0 saturated carbocycles. The van der Waals surface area contributed by atoms with Crippen LogP contribution in [-0.2, 0) is 10.0 Å². The van der Waals surface area contributed by atoms with Crippen LogP contribution in [0.5, 0.6) is 0 Å². The summed E-state index contributed by atoms with van der Waals surface area (Å²) >= 11 is 0. The molecule has 3 rings (SSSR count). The Morgan fingerprint density at radius 1 is 1.09 bits per heavy atom. The Labute approximate surface area is 131 Å². The second-order valence-electron chi connectivity index (χ2n) is 5.58. The highest BCUT2D eigenvalue weighted by Crippen LogP contribution is 2.29. The zero-order valence-corrected chi connectivity index (χ0v) is 13.3. The lowest BCUT2D eigenvalue weighted by Gasteiger charge is -2.30. The standard InChI is InChI=1S/C16H19N3O2S/c1-13-11-17-12-16(18-13)14-7-9-19(10-8-14)22(20,21)15-5-3-2-4-6-15/h2-6,11-12,14H,7-10H2,1H3. The first-order valence-corrected chi connectivity index (χ1v) is 8.85. The van der Waals surface area contributed by atoms with Crippen molar-refractivity contribution in [3.8, 4) is 0 Å². The summed E-state index contributed by atoms with van der Waals surface area (Å²) in [5.41, 5.74) is 1.87. The first-order chi connectivity index (χ1) is 10.6. The van der Waals surface area contributed by atoms with Gasteiger partial charge in [0.05, 0.1) is 16.3 Å². The van der Waals surface area contributed by atoms with Gasteiger partial charge in [0.25, 0.3) is 0 Å². The van der Waals surface area contributed by atoms with Gasteiger partial charge in [0, 0.05) is 31.4 Å². The van der Waals surface area contributed by atoms with E-state index < -0.39 is 10.0 Å². The molecule has 5 nitrogen and oxygen atoms in total. The van der Waals surface area contributed by atoms with E-state index in [1.54, 1.807) is 41.0 Å². The fourth-order valence-corrected chi connectivity index (χ4v) is 4.30. The van der Waals surface area contributed by atoms with Crippen molar-refractivity contribution in [2.75, 3.05) is 13.1 Å². The summed E-state index contributed by atoms with van der Waals surface area (Å²) in [5, 5.41) is 0. The molecule has 6 heteroatoms. The van der Waals surface area contributed by atoms with Crippen molar-refractivity contribution in [1.29, 1.82) is 0 Å². The molecular weight excluding hydrogens is 298 g/mol. The lowest BCUT2D eigenvalue weighted by molar-refractivity contribution is 0.316. The molecular formula is C16H19N3O2S. The van der Waals surface area contributed by atoms with E-state index >= 15 is 0 Å². The molecule has 1 aromatic carbocycles. The van der Waals surface area contributed by atoms with Crippen LogP contribution in [-0.4, -0.2) is 35.8 Å². The minimum atomic E-state index is -3.38. The molecule has 1 aromatic heterocycles. The topological polar surface area (TPSA) is 63.2 Å². The number of rotatable bonds is 3. The molecule has 22 heavy (non-hydrogen) atoms. The maximum absolute atomic E-state index is 12.6. The molecule has 0 radical (unpaired) electrons. The number of benzene rings is 1. The van der Waals surface area contributed by atoms with Gasteiger partial charge in [-0.15, -0.1) is 0 Å². The number of nitrogens with zero attached hydrogens (tertiary/aromatic N) is 3. The third-order valence-electron chi connectivity index (χ3n) is 4.03. The lowest BCUT2D eigenvalue weighted by Crippen LogP contribution is -2.38. The Balaban J connectivity index is 1.72.